The Morgan fingerprint density at radius 2 is 2.04 bits per heavy atom. The first-order valence-corrected chi connectivity index (χ1v) is 9.52. The summed E-state index contributed by atoms with van der Waals surface area (Å²) in [5.41, 5.74) is 0.221. The molecule has 2 heterocycles. The van der Waals surface area contributed by atoms with Crippen LogP contribution in [0.3, 0.4) is 0 Å². The topological polar surface area (TPSA) is 71.0 Å². The van der Waals surface area contributed by atoms with E-state index in [1.807, 2.05) is 38.1 Å². The van der Waals surface area contributed by atoms with Gasteiger partial charge in [-0.1, -0.05) is 12.1 Å². The molecule has 0 aliphatic carbocycles. The summed E-state index contributed by atoms with van der Waals surface area (Å²) < 4.78 is 5.44. The lowest BCUT2D eigenvalue weighted by atomic mass is 9.88. The Labute approximate surface area is 160 Å². The number of nitrogens with one attached hydrogen (secondary N) is 1. The number of hydrogen-bond donors (Lipinski definition) is 1. The number of piperidine rings is 1. The maximum absolute atomic E-state index is 12.7. The third-order valence-electron chi connectivity index (χ3n) is 5.22. The van der Waals surface area contributed by atoms with Gasteiger partial charge < -0.3 is 19.7 Å². The van der Waals surface area contributed by atoms with Crippen molar-refractivity contribution in [2.24, 2.45) is 10.9 Å². The van der Waals surface area contributed by atoms with Gasteiger partial charge in [0.2, 0.25) is 0 Å². The van der Waals surface area contributed by atoms with Gasteiger partial charge in [0.25, 0.3) is 0 Å². The average Bonchev–Trinajstić information content (AvgIpc) is 2.70. The smallest absolute Gasteiger partial charge is 0.152 e. The van der Waals surface area contributed by atoms with Crippen molar-refractivity contribution in [1.29, 1.82) is 0 Å². The molecule has 27 heavy (non-hydrogen) atoms. The number of ether oxygens (including phenoxy) is 1. The number of Topliss-reactive ketones (excluding diaryl/α,β-unsaturated/α-hetero) is 1. The van der Waals surface area contributed by atoms with Crippen LogP contribution < -0.4 is 10.1 Å². The highest BCUT2D eigenvalue weighted by molar-refractivity contribution is 6.05. The lowest BCUT2D eigenvalue weighted by molar-refractivity contribution is -0.123. The molecule has 1 fully saturated rings. The fourth-order valence-corrected chi connectivity index (χ4v) is 3.64. The van der Waals surface area contributed by atoms with Crippen LogP contribution in [-0.2, 0) is 16.0 Å². The molecule has 1 aromatic carbocycles. The van der Waals surface area contributed by atoms with Crippen molar-refractivity contribution in [2.75, 3.05) is 19.7 Å². The lowest BCUT2D eigenvalue weighted by Crippen LogP contribution is -2.58. The second-order valence-corrected chi connectivity index (χ2v) is 7.21. The molecule has 1 aromatic rings. The van der Waals surface area contributed by atoms with Crippen molar-refractivity contribution in [3.05, 3.63) is 42.2 Å². The number of aldehydes is 1. The molecule has 1 saturated heterocycles. The highest BCUT2D eigenvalue weighted by atomic mass is 16.5. The molecule has 2 aliphatic heterocycles. The lowest BCUT2D eigenvalue weighted by Gasteiger charge is -2.40. The van der Waals surface area contributed by atoms with Gasteiger partial charge in [-0.15, -0.1) is 0 Å². The summed E-state index contributed by atoms with van der Waals surface area (Å²) >= 11 is 0. The van der Waals surface area contributed by atoms with E-state index in [1.165, 1.54) is 0 Å². The molecule has 0 bridgehead atoms. The molecule has 3 rings (SSSR count). The summed E-state index contributed by atoms with van der Waals surface area (Å²) in [5, 5.41) is 3.07. The maximum Gasteiger partial charge on any atom is 0.152 e. The fraction of sp³-hybridized carbons (Fsp3) is 0.476. The van der Waals surface area contributed by atoms with Crippen LogP contribution in [0.5, 0.6) is 5.75 Å². The Morgan fingerprint density at radius 3 is 2.67 bits per heavy atom. The Hall–Kier alpha value is -2.63. The summed E-state index contributed by atoms with van der Waals surface area (Å²) in [4.78, 5) is 30.7. The molecule has 0 saturated carbocycles. The van der Waals surface area contributed by atoms with E-state index in [1.54, 1.807) is 12.4 Å². The van der Waals surface area contributed by atoms with E-state index in [-0.39, 0.29) is 11.7 Å². The third kappa shape index (κ3) is 4.38. The molecule has 1 unspecified atom stereocenters. The second kappa shape index (κ2) is 8.37. The summed E-state index contributed by atoms with van der Waals surface area (Å²) in [6.45, 7) is 5.88. The number of carbonyl (C=O) groups excluding carboxylic acids is 2. The van der Waals surface area contributed by atoms with Crippen molar-refractivity contribution in [1.82, 2.24) is 10.2 Å². The first-order valence-electron chi connectivity index (χ1n) is 9.52. The number of nitrogens with zero attached hydrogens (tertiary/aromatic N) is 2. The molecule has 0 amide bonds. The number of rotatable bonds is 6. The molecule has 144 valence electrons. The number of amidine groups is 1. The van der Waals surface area contributed by atoms with Gasteiger partial charge >= 0.3 is 0 Å². The maximum atomic E-state index is 12.7. The molecule has 1 atom stereocenters. The van der Waals surface area contributed by atoms with Crippen LogP contribution >= 0.6 is 0 Å². The second-order valence-electron chi connectivity index (χ2n) is 7.21. The first kappa shape index (κ1) is 19.1. The number of ketones is 1. The quantitative estimate of drug-likeness (QED) is 0.780. The average molecular weight is 369 g/mol. The van der Waals surface area contributed by atoms with E-state index in [9.17, 15) is 9.59 Å². The van der Waals surface area contributed by atoms with Gasteiger partial charge in [-0.2, -0.15) is 0 Å². The van der Waals surface area contributed by atoms with E-state index in [4.69, 9.17) is 4.74 Å². The number of hydrogen-bond acceptors (Lipinski definition) is 6. The fourth-order valence-electron chi connectivity index (χ4n) is 3.64. The van der Waals surface area contributed by atoms with Crippen LogP contribution in [0.1, 0.15) is 32.3 Å². The zero-order chi connectivity index (χ0) is 19.3. The number of likely N-dealkylation sites (tertiary alicyclic amines) is 1. The standard InChI is InChI=1S/C21H27N3O3/c1-3-27-18-6-4-16(5-7-18)14-19(26)17-8-12-24(13-9-17)20-21(2,15-25)23-11-10-22-20/h4-7,10-11,15,17,23H,3,8-9,12-14H2,1-2H3. The molecule has 1 N–H and O–H groups in total. The van der Waals surface area contributed by atoms with Crippen LogP contribution in [0.25, 0.3) is 0 Å². The van der Waals surface area contributed by atoms with Crippen LogP contribution in [-0.4, -0.2) is 48.0 Å². The molecule has 0 aromatic heterocycles. The van der Waals surface area contributed by atoms with Gasteiger partial charge in [0.15, 0.2) is 6.29 Å². The first-order chi connectivity index (χ1) is 13.1. The van der Waals surface area contributed by atoms with E-state index >= 15 is 0 Å². The zero-order valence-electron chi connectivity index (χ0n) is 16.0. The molecule has 0 radical (unpaired) electrons. The van der Waals surface area contributed by atoms with E-state index in [0.29, 0.717) is 13.0 Å². The van der Waals surface area contributed by atoms with Gasteiger partial charge in [-0.25, -0.2) is 4.99 Å². The van der Waals surface area contributed by atoms with Gasteiger partial charge in [0.05, 0.1) is 6.61 Å². The van der Waals surface area contributed by atoms with Crippen LogP contribution in [0.15, 0.2) is 41.7 Å². The van der Waals surface area contributed by atoms with E-state index < -0.39 is 5.54 Å². The van der Waals surface area contributed by atoms with Crippen molar-refractivity contribution >= 4 is 17.9 Å². The van der Waals surface area contributed by atoms with E-state index in [2.05, 4.69) is 15.2 Å². The number of benzene rings is 1. The Balaban J connectivity index is 1.55. The monoisotopic (exact) mass is 369 g/mol. The molecular weight excluding hydrogens is 342 g/mol. The number of aliphatic imine (C=N–C) groups is 1. The Morgan fingerprint density at radius 1 is 1.33 bits per heavy atom. The SMILES string of the molecule is CCOc1ccc(CC(=O)C2CCN(C3=NC=CNC3(C)C=O)CC2)cc1. The minimum Gasteiger partial charge on any atom is -0.494 e. The van der Waals surface area contributed by atoms with E-state index in [0.717, 1.165) is 49.4 Å². The molecule has 0 spiro atoms. The van der Waals surface area contributed by atoms with Crippen LogP contribution in [0.4, 0.5) is 0 Å². The van der Waals surface area contributed by atoms with Gasteiger partial charge in [0.1, 0.15) is 22.9 Å². The Kier molecular flexibility index (Phi) is 5.94. The zero-order valence-corrected chi connectivity index (χ0v) is 16.0. The predicted octanol–water partition coefficient (Wildman–Crippen LogP) is 2.34. The summed E-state index contributed by atoms with van der Waals surface area (Å²) in [5.74, 6) is 1.90. The predicted molar refractivity (Wildman–Crippen MR) is 105 cm³/mol. The minimum atomic E-state index is -0.798. The van der Waals surface area contributed by atoms with Crippen molar-refractivity contribution in [3.8, 4) is 5.75 Å². The summed E-state index contributed by atoms with van der Waals surface area (Å²) in [7, 11) is 0. The molecular formula is C21H27N3O3. The number of carbonyl (C=O) groups is 2. The van der Waals surface area contributed by atoms with Crippen molar-refractivity contribution < 1.29 is 14.3 Å². The molecule has 2 aliphatic rings. The van der Waals surface area contributed by atoms with Crippen LogP contribution in [0.2, 0.25) is 0 Å². The minimum absolute atomic E-state index is 0.0583. The highest BCUT2D eigenvalue weighted by Gasteiger charge is 2.36. The van der Waals surface area contributed by atoms with Crippen molar-refractivity contribution in [3.63, 3.8) is 0 Å². The molecule has 6 heteroatoms. The third-order valence-corrected chi connectivity index (χ3v) is 5.22. The highest BCUT2D eigenvalue weighted by Crippen LogP contribution is 2.24. The summed E-state index contributed by atoms with van der Waals surface area (Å²) in [6.07, 6.45) is 6.27. The van der Waals surface area contributed by atoms with Crippen molar-refractivity contribution in [2.45, 2.75) is 38.6 Å². The largest absolute Gasteiger partial charge is 0.494 e. The summed E-state index contributed by atoms with van der Waals surface area (Å²) in [6, 6.07) is 7.75. The van der Waals surface area contributed by atoms with Crippen LogP contribution in [0, 0.1) is 5.92 Å². The van der Waals surface area contributed by atoms with Gasteiger partial charge in [-0.05, 0) is 44.4 Å². The molecule has 6 nitrogen and oxygen atoms in total. The van der Waals surface area contributed by atoms with Gasteiger partial charge in [-0.3, -0.25) is 4.79 Å². The van der Waals surface area contributed by atoms with Gasteiger partial charge in [0, 0.05) is 37.8 Å². The normalized spacial score (nSPS) is 22.7. The Bertz CT molecular complexity index is 734.